The molecule has 2 aliphatic heterocycles. The van der Waals surface area contributed by atoms with Gasteiger partial charge in [-0.05, 0) is 41.8 Å². The number of nitrogens with zero attached hydrogens (tertiary/aromatic N) is 1. The molecule has 0 fully saturated rings. The summed E-state index contributed by atoms with van der Waals surface area (Å²) < 4.78 is 21.9. The molecule has 4 rings (SSSR count). The summed E-state index contributed by atoms with van der Waals surface area (Å²) in [6.07, 6.45) is 0.868. The summed E-state index contributed by atoms with van der Waals surface area (Å²) >= 11 is 0. The molecule has 0 aromatic heterocycles. The van der Waals surface area contributed by atoms with Crippen molar-refractivity contribution in [1.82, 2.24) is 4.90 Å². The first-order valence-corrected chi connectivity index (χ1v) is 9.32. The van der Waals surface area contributed by atoms with Crippen LogP contribution in [0.1, 0.15) is 11.1 Å². The van der Waals surface area contributed by atoms with Gasteiger partial charge in [0.2, 0.25) is 5.91 Å². The van der Waals surface area contributed by atoms with Crippen molar-refractivity contribution in [2.45, 2.75) is 13.0 Å². The molecule has 28 heavy (non-hydrogen) atoms. The van der Waals surface area contributed by atoms with Gasteiger partial charge >= 0.3 is 0 Å². The number of carbonyl (C=O) groups is 1. The Hall–Kier alpha value is -2.93. The van der Waals surface area contributed by atoms with E-state index in [0.29, 0.717) is 49.2 Å². The van der Waals surface area contributed by atoms with Gasteiger partial charge in [-0.3, -0.25) is 9.69 Å². The second kappa shape index (κ2) is 7.98. The molecule has 7 nitrogen and oxygen atoms in total. The van der Waals surface area contributed by atoms with Crippen LogP contribution in [0.2, 0.25) is 0 Å². The molecule has 1 N–H and O–H groups in total. The molecule has 0 spiro atoms. The van der Waals surface area contributed by atoms with Crippen LogP contribution >= 0.6 is 0 Å². The second-order valence-electron chi connectivity index (χ2n) is 6.84. The third-order valence-corrected chi connectivity index (χ3v) is 4.99. The molecule has 0 unspecified atom stereocenters. The van der Waals surface area contributed by atoms with E-state index in [9.17, 15) is 4.79 Å². The fraction of sp³-hybridized carbons (Fsp3) is 0.381. The SMILES string of the molecule is COc1cc2c(cc1OC)CN(CC(=O)Nc1ccc3c(c1)OCCO3)CC2. The summed E-state index contributed by atoms with van der Waals surface area (Å²) in [7, 11) is 3.27. The van der Waals surface area contributed by atoms with Crippen LogP contribution in [-0.2, 0) is 17.8 Å². The Balaban J connectivity index is 1.39. The number of rotatable bonds is 5. The number of hydrogen-bond acceptors (Lipinski definition) is 6. The zero-order chi connectivity index (χ0) is 19.5. The smallest absolute Gasteiger partial charge is 0.238 e. The lowest BCUT2D eigenvalue weighted by Crippen LogP contribution is -2.37. The molecular weight excluding hydrogens is 360 g/mol. The molecule has 0 saturated heterocycles. The van der Waals surface area contributed by atoms with Crippen LogP contribution in [0, 0.1) is 0 Å². The maximum absolute atomic E-state index is 12.5. The zero-order valence-corrected chi connectivity index (χ0v) is 16.1. The molecule has 2 aromatic rings. The molecule has 7 heteroatoms. The third kappa shape index (κ3) is 3.84. The van der Waals surface area contributed by atoms with Gasteiger partial charge in [-0.15, -0.1) is 0 Å². The summed E-state index contributed by atoms with van der Waals surface area (Å²) in [5, 5.41) is 2.94. The lowest BCUT2D eigenvalue weighted by molar-refractivity contribution is -0.117. The molecule has 148 valence electrons. The minimum Gasteiger partial charge on any atom is -0.493 e. The van der Waals surface area contributed by atoms with Gasteiger partial charge in [-0.25, -0.2) is 0 Å². The Morgan fingerprint density at radius 3 is 2.50 bits per heavy atom. The number of methoxy groups -OCH3 is 2. The van der Waals surface area contributed by atoms with Crippen LogP contribution in [-0.4, -0.2) is 51.3 Å². The highest BCUT2D eigenvalue weighted by Gasteiger charge is 2.21. The Kier molecular flexibility index (Phi) is 5.25. The predicted molar refractivity (Wildman–Crippen MR) is 105 cm³/mol. The van der Waals surface area contributed by atoms with Gasteiger partial charge < -0.3 is 24.3 Å². The monoisotopic (exact) mass is 384 g/mol. The maximum Gasteiger partial charge on any atom is 0.238 e. The summed E-state index contributed by atoms with van der Waals surface area (Å²) in [4.78, 5) is 14.6. The van der Waals surface area contributed by atoms with Crippen LogP contribution in [0.25, 0.3) is 0 Å². The van der Waals surface area contributed by atoms with E-state index in [1.165, 1.54) is 5.56 Å². The van der Waals surface area contributed by atoms with Crippen LogP contribution in [0.4, 0.5) is 5.69 Å². The number of benzene rings is 2. The Morgan fingerprint density at radius 1 is 1.04 bits per heavy atom. The Bertz CT molecular complexity index is 883. The van der Waals surface area contributed by atoms with Crippen molar-refractivity contribution in [2.75, 3.05) is 45.8 Å². The fourth-order valence-corrected chi connectivity index (χ4v) is 3.60. The van der Waals surface area contributed by atoms with Crippen molar-refractivity contribution in [3.05, 3.63) is 41.5 Å². The molecule has 2 heterocycles. The number of nitrogens with one attached hydrogen (secondary N) is 1. The van der Waals surface area contributed by atoms with E-state index in [2.05, 4.69) is 10.2 Å². The van der Waals surface area contributed by atoms with E-state index >= 15 is 0 Å². The first-order valence-electron chi connectivity index (χ1n) is 9.32. The maximum atomic E-state index is 12.5. The molecule has 0 saturated carbocycles. The molecule has 1 amide bonds. The normalized spacial score (nSPS) is 15.5. The topological polar surface area (TPSA) is 69.3 Å². The molecule has 0 aliphatic carbocycles. The van der Waals surface area contributed by atoms with Crippen molar-refractivity contribution in [3.63, 3.8) is 0 Å². The van der Waals surface area contributed by atoms with Crippen molar-refractivity contribution in [3.8, 4) is 23.0 Å². The number of amides is 1. The average molecular weight is 384 g/mol. The van der Waals surface area contributed by atoms with Crippen molar-refractivity contribution in [1.29, 1.82) is 0 Å². The van der Waals surface area contributed by atoms with Gasteiger partial charge in [-0.2, -0.15) is 0 Å². The zero-order valence-electron chi connectivity index (χ0n) is 16.1. The number of anilines is 1. The Labute approximate surface area is 164 Å². The van der Waals surface area contributed by atoms with Crippen molar-refractivity contribution in [2.24, 2.45) is 0 Å². The van der Waals surface area contributed by atoms with Crippen molar-refractivity contribution < 1.29 is 23.7 Å². The van der Waals surface area contributed by atoms with Gasteiger partial charge in [-0.1, -0.05) is 0 Å². The van der Waals surface area contributed by atoms with E-state index in [0.717, 1.165) is 24.3 Å². The van der Waals surface area contributed by atoms with Gasteiger partial charge in [0.25, 0.3) is 0 Å². The lowest BCUT2D eigenvalue weighted by Gasteiger charge is -2.29. The highest BCUT2D eigenvalue weighted by molar-refractivity contribution is 5.92. The van der Waals surface area contributed by atoms with Crippen LogP contribution in [0.5, 0.6) is 23.0 Å². The first-order chi connectivity index (χ1) is 13.7. The minimum atomic E-state index is -0.0550. The van der Waals surface area contributed by atoms with Gasteiger partial charge in [0.05, 0.1) is 20.8 Å². The quantitative estimate of drug-likeness (QED) is 0.854. The first kappa shape index (κ1) is 18.4. The number of ether oxygens (including phenoxy) is 4. The summed E-state index contributed by atoms with van der Waals surface area (Å²) in [6, 6.07) is 9.48. The van der Waals surface area contributed by atoms with Gasteiger partial charge in [0, 0.05) is 24.8 Å². The molecule has 2 aromatic carbocycles. The Morgan fingerprint density at radius 2 is 1.75 bits per heavy atom. The average Bonchev–Trinajstić information content (AvgIpc) is 2.72. The van der Waals surface area contributed by atoms with E-state index in [4.69, 9.17) is 18.9 Å². The highest BCUT2D eigenvalue weighted by atomic mass is 16.6. The number of fused-ring (bicyclic) bond motifs is 2. The van der Waals surface area contributed by atoms with Crippen molar-refractivity contribution >= 4 is 11.6 Å². The van der Waals surface area contributed by atoms with Gasteiger partial charge in [0.15, 0.2) is 23.0 Å². The summed E-state index contributed by atoms with van der Waals surface area (Å²) in [6.45, 7) is 2.90. The minimum absolute atomic E-state index is 0.0550. The predicted octanol–water partition coefficient (Wildman–Crippen LogP) is 2.47. The fourth-order valence-electron chi connectivity index (χ4n) is 3.60. The standard InChI is InChI=1S/C21H24N2O5/c1-25-18-9-14-5-6-23(12-15(14)10-19(18)26-2)13-21(24)22-16-3-4-17-20(11-16)28-8-7-27-17/h3-4,9-11H,5-8,12-13H2,1-2H3,(H,22,24). The van der Waals surface area contributed by atoms with Crippen LogP contribution in [0.15, 0.2) is 30.3 Å². The molecule has 2 aliphatic rings. The third-order valence-electron chi connectivity index (χ3n) is 4.99. The number of hydrogen-bond donors (Lipinski definition) is 1. The number of carbonyl (C=O) groups excluding carboxylic acids is 1. The molecule has 0 atom stereocenters. The summed E-state index contributed by atoms with van der Waals surface area (Å²) in [5.74, 6) is 2.77. The van der Waals surface area contributed by atoms with E-state index < -0.39 is 0 Å². The lowest BCUT2D eigenvalue weighted by atomic mass is 9.99. The van der Waals surface area contributed by atoms with Crippen LogP contribution < -0.4 is 24.3 Å². The highest BCUT2D eigenvalue weighted by Crippen LogP contribution is 2.34. The molecular formula is C21H24N2O5. The van der Waals surface area contributed by atoms with Gasteiger partial charge in [0.1, 0.15) is 13.2 Å². The van der Waals surface area contributed by atoms with E-state index in [-0.39, 0.29) is 5.91 Å². The van der Waals surface area contributed by atoms with E-state index in [1.807, 2.05) is 24.3 Å². The van der Waals surface area contributed by atoms with Crippen LogP contribution in [0.3, 0.4) is 0 Å². The molecule has 0 bridgehead atoms. The second-order valence-corrected chi connectivity index (χ2v) is 6.84. The largest absolute Gasteiger partial charge is 0.493 e. The van der Waals surface area contributed by atoms with E-state index in [1.54, 1.807) is 20.3 Å². The summed E-state index contributed by atoms with van der Waals surface area (Å²) in [5.41, 5.74) is 3.11. The molecule has 0 radical (unpaired) electrons.